The highest BCUT2D eigenvalue weighted by molar-refractivity contribution is 9.10. The lowest BCUT2D eigenvalue weighted by Crippen LogP contribution is -2.52. The van der Waals surface area contributed by atoms with E-state index in [1.54, 1.807) is 0 Å². The predicted molar refractivity (Wildman–Crippen MR) is 82.9 cm³/mol. The van der Waals surface area contributed by atoms with Crippen LogP contribution in [0, 0.1) is 0 Å². The molecule has 1 amide bonds. The summed E-state index contributed by atoms with van der Waals surface area (Å²) in [6, 6.07) is 8.05. The summed E-state index contributed by atoms with van der Waals surface area (Å²) in [5.74, 6) is 0.670. The van der Waals surface area contributed by atoms with Gasteiger partial charge >= 0.3 is 0 Å². The molecule has 0 unspecified atom stereocenters. The average molecular weight is 362 g/mol. The van der Waals surface area contributed by atoms with Crippen molar-refractivity contribution in [2.75, 3.05) is 0 Å². The molecule has 2 aromatic rings. The second-order valence-electron chi connectivity index (χ2n) is 6.22. The molecule has 0 saturated heterocycles. The zero-order valence-corrected chi connectivity index (χ0v) is 13.6. The minimum atomic E-state index is -0.418. The van der Waals surface area contributed by atoms with Crippen molar-refractivity contribution in [1.29, 1.82) is 0 Å². The van der Waals surface area contributed by atoms with Gasteiger partial charge in [0.25, 0.3) is 0 Å². The van der Waals surface area contributed by atoms with E-state index in [2.05, 4.69) is 41.9 Å². The molecule has 0 aliphatic heterocycles. The van der Waals surface area contributed by atoms with Crippen LogP contribution in [0.4, 0.5) is 0 Å². The van der Waals surface area contributed by atoms with Gasteiger partial charge in [-0.2, -0.15) is 5.21 Å². The molecule has 7 heteroatoms. The molecule has 1 heterocycles. The quantitative estimate of drug-likeness (QED) is 0.874. The number of nitrogens with one attached hydrogen (secondary N) is 2. The van der Waals surface area contributed by atoms with E-state index in [9.17, 15) is 4.79 Å². The van der Waals surface area contributed by atoms with Gasteiger partial charge < -0.3 is 5.32 Å². The number of hydrogen-bond acceptors (Lipinski definition) is 4. The van der Waals surface area contributed by atoms with Crippen molar-refractivity contribution in [2.45, 2.75) is 43.1 Å². The van der Waals surface area contributed by atoms with E-state index in [1.807, 2.05) is 24.3 Å². The molecule has 114 valence electrons. The van der Waals surface area contributed by atoms with Crippen molar-refractivity contribution in [3.8, 4) is 0 Å². The molecule has 2 N–H and O–H groups in total. The van der Waals surface area contributed by atoms with Crippen LogP contribution in [0.1, 0.15) is 43.5 Å². The Bertz CT molecular complexity index is 706. The average Bonchev–Trinajstić information content (AvgIpc) is 3.00. The summed E-state index contributed by atoms with van der Waals surface area (Å²) >= 11 is 3.50. The molecular formula is C15H16BrN5O. The van der Waals surface area contributed by atoms with Gasteiger partial charge in [-0.25, -0.2) is 0 Å². The highest BCUT2D eigenvalue weighted by atomic mass is 79.9. The molecule has 1 aromatic carbocycles. The van der Waals surface area contributed by atoms with E-state index in [1.165, 1.54) is 0 Å². The minimum absolute atomic E-state index is 0.0825. The molecule has 1 aromatic heterocycles. The Labute approximate surface area is 136 Å². The lowest BCUT2D eigenvalue weighted by atomic mass is 9.63. The number of rotatable bonds is 4. The number of aromatic amines is 1. The number of nitrogens with zero attached hydrogens (tertiary/aromatic N) is 3. The van der Waals surface area contributed by atoms with Crippen LogP contribution in [-0.2, 0) is 15.7 Å². The van der Waals surface area contributed by atoms with Gasteiger partial charge in [0.1, 0.15) is 5.54 Å². The third-order valence-corrected chi connectivity index (χ3v) is 5.39. The molecule has 0 atom stereocenters. The number of carbonyl (C=O) groups excluding carboxylic acids is 1. The summed E-state index contributed by atoms with van der Waals surface area (Å²) in [5.41, 5.74) is 0.247. The van der Waals surface area contributed by atoms with Crippen molar-refractivity contribution < 1.29 is 4.79 Å². The number of benzene rings is 1. The largest absolute Gasteiger partial charge is 0.342 e. The number of tetrazole rings is 1. The maximum atomic E-state index is 13.0. The summed E-state index contributed by atoms with van der Waals surface area (Å²) in [6.07, 6.45) is 4.59. The van der Waals surface area contributed by atoms with E-state index in [0.717, 1.165) is 42.1 Å². The highest BCUT2D eigenvalue weighted by Crippen LogP contribution is 2.48. The fourth-order valence-electron chi connectivity index (χ4n) is 3.19. The number of H-pyrrole nitrogens is 1. The first kappa shape index (κ1) is 13.9. The molecule has 4 rings (SSSR count). The molecule has 2 fully saturated rings. The SMILES string of the molecule is O=C(NC1(c2nn[nH]n2)CC1)C1(c2cccc(Br)c2)CCC1. The summed E-state index contributed by atoms with van der Waals surface area (Å²) in [4.78, 5) is 13.0. The first-order chi connectivity index (χ1) is 10.6. The first-order valence-corrected chi connectivity index (χ1v) is 8.27. The number of hydrogen-bond donors (Lipinski definition) is 2. The van der Waals surface area contributed by atoms with E-state index >= 15 is 0 Å². The van der Waals surface area contributed by atoms with Crippen LogP contribution in [0.15, 0.2) is 28.7 Å². The van der Waals surface area contributed by atoms with E-state index < -0.39 is 11.0 Å². The zero-order chi connectivity index (χ0) is 15.2. The Kier molecular flexibility index (Phi) is 3.07. The topological polar surface area (TPSA) is 83.6 Å². The van der Waals surface area contributed by atoms with Gasteiger partial charge in [0.2, 0.25) is 5.91 Å². The summed E-state index contributed by atoms with van der Waals surface area (Å²) < 4.78 is 1.00. The first-order valence-electron chi connectivity index (χ1n) is 7.47. The number of halogens is 1. The van der Waals surface area contributed by atoms with Crippen LogP contribution in [0.2, 0.25) is 0 Å². The lowest BCUT2D eigenvalue weighted by Gasteiger charge is -2.41. The second-order valence-corrected chi connectivity index (χ2v) is 7.13. The van der Waals surface area contributed by atoms with Crippen LogP contribution in [0.5, 0.6) is 0 Å². The Morgan fingerprint density at radius 3 is 2.64 bits per heavy atom. The maximum absolute atomic E-state index is 13.0. The summed E-state index contributed by atoms with van der Waals surface area (Å²) in [5, 5.41) is 17.4. The van der Waals surface area contributed by atoms with Crippen LogP contribution in [-0.4, -0.2) is 26.5 Å². The maximum Gasteiger partial charge on any atom is 0.231 e. The zero-order valence-electron chi connectivity index (χ0n) is 12.0. The monoisotopic (exact) mass is 361 g/mol. The Morgan fingerprint density at radius 2 is 2.09 bits per heavy atom. The third kappa shape index (κ3) is 2.06. The number of carbonyl (C=O) groups is 1. The van der Waals surface area contributed by atoms with Gasteiger partial charge in [0.05, 0.1) is 5.41 Å². The predicted octanol–water partition coefficient (Wildman–Crippen LogP) is 2.19. The smallest absolute Gasteiger partial charge is 0.231 e. The normalized spacial score (nSPS) is 21.0. The highest BCUT2D eigenvalue weighted by Gasteiger charge is 2.54. The van der Waals surface area contributed by atoms with Gasteiger partial charge in [0.15, 0.2) is 5.82 Å². The molecular weight excluding hydrogens is 346 g/mol. The van der Waals surface area contributed by atoms with Crippen molar-refractivity contribution >= 4 is 21.8 Å². The van der Waals surface area contributed by atoms with Crippen molar-refractivity contribution in [2.24, 2.45) is 0 Å². The van der Waals surface area contributed by atoms with Crippen molar-refractivity contribution in [1.82, 2.24) is 25.9 Å². The second kappa shape index (κ2) is 4.87. The minimum Gasteiger partial charge on any atom is -0.342 e. The van der Waals surface area contributed by atoms with Gasteiger partial charge in [-0.05, 0) is 43.4 Å². The Morgan fingerprint density at radius 1 is 1.27 bits per heavy atom. The molecule has 2 saturated carbocycles. The molecule has 0 radical (unpaired) electrons. The van der Waals surface area contributed by atoms with E-state index in [4.69, 9.17) is 0 Å². The Balaban J connectivity index is 1.61. The van der Waals surface area contributed by atoms with Crippen molar-refractivity contribution in [3.05, 3.63) is 40.1 Å². The van der Waals surface area contributed by atoms with Crippen molar-refractivity contribution in [3.63, 3.8) is 0 Å². The van der Waals surface area contributed by atoms with Gasteiger partial charge in [0, 0.05) is 4.47 Å². The summed E-state index contributed by atoms with van der Waals surface area (Å²) in [7, 11) is 0. The molecule has 0 bridgehead atoms. The fourth-order valence-corrected chi connectivity index (χ4v) is 3.59. The standard InChI is InChI=1S/C15H16BrN5O/c16-11-4-1-3-10(9-11)14(5-2-6-14)13(22)17-15(7-8-15)12-18-20-21-19-12/h1,3-4,9H,2,5-8H2,(H,17,22)(H,18,19,20,21). The third-order valence-electron chi connectivity index (χ3n) is 4.90. The molecule has 2 aliphatic rings. The van der Waals surface area contributed by atoms with Gasteiger partial charge in [-0.15, -0.1) is 10.2 Å². The molecule has 0 spiro atoms. The van der Waals surface area contributed by atoms with E-state index in [0.29, 0.717) is 5.82 Å². The molecule has 6 nitrogen and oxygen atoms in total. The number of aromatic nitrogens is 4. The van der Waals surface area contributed by atoms with Crippen LogP contribution >= 0.6 is 15.9 Å². The Hall–Kier alpha value is -1.76. The number of amides is 1. The molecule has 2 aliphatic carbocycles. The van der Waals surface area contributed by atoms with Gasteiger partial charge in [-0.3, -0.25) is 4.79 Å². The lowest BCUT2D eigenvalue weighted by molar-refractivity contribution is -0.131. The van der Waals surface area contributed by atoms with Crippen LogP contribution < -0.4 is 5.32 Å². The summed E-state index contributed by atoms with van der Waals surface area (Å²) in [6.45, 7) is 0. The van der Waals surface area contributed by atoms with E-state index in [-0.39, 0.29) is 5.91 Å². The van der Waals surface area contributed by atoms with Crippen LogP contribution in [0.25, 0.3) is 0 Å². The van der Waals surface area contributed by atoms with Gasteiger partial charge in [-0.1, -0.05) is 39.7 Å². The fraction of sp³-hybridized carbons (Fsp3) is 0.467. The van der Waals surface area contributed by atoms with Crippen LogP contribution in [0.3, 0.4) is 0 Å². The molecule has 22 heavy (non-hydrogen) atoms.